The van der Waals surface area contributed by atoms with Gasteiger partial charge < -0.3 is 10.1 Å². The fourth-order valence-electron chi connectivity index (χ4n) is 2.63. The van der Waals surface area contributed by atoms with Crippen LogP contribution in [0.2, 0.25) is 0 Å². The number of hydrogen-bond donors (Lipinski definition) is 1. The molecule has 1 N–H and O–H groups in total. The number of fused-ring (bicyclic) bond motifs is 1. The lowest BCUT2D eigenvalue weighted by Gasteiger charge is -2.05. The third-order valence-corrected chi connectivity index (χ3v) is 3.98. The summed E-state index contributed by atoms with van der Waals surface area (Å²) in [6, 6.07) is 20.3. The molecule has 0 atom stereocenters. The third kappa shape index (κ3) is 3.12. The number of anilines is 1. The van der Waals surface area contributed by atoms with E-state index in [0.717, 1.165) is 22.6 Å². The summed E-state index contributed by atoms with van der Waals surface area (Å²) in [7, 11) is 1.58. The van der Waals surface area contributed by atoms with Gasteiger partial charge in [-0.3, -0.25) is 4.79 Å². The van der Waals surface area contributed by atoms with Crippen LogP contribution in [-0.4, -0.2) is 27.6 Å². The van der Waals surface area contributed by atoms with Crippen LogP contribution in [0.15, 0.2) is 72.9 Å². The van der Waals surface area contributed by atoms with Gasteiger partial charge in [0.25, 0.3) is 5.91 Å². The highest BCUT2D eigenvalue weighted by Crippen LogP contribution is 2.22. The number of amides is 1. The van der Waals surface area contributed by atoms with Gasteiger partial charge in [-0.25, -0.2) is 9.50 Å². The summed E-state index contributed by atoms with van der Waals surface area (Å²) in [5.41, 5.74) is 3.82. The Kier molecular flexibility index (Phi) is 4.07. The summed E-state index contributed by atoms with van der Waals surface area (Å²) in [6.07, 6.45) is 1.84. The predicted octanol–water partition coefficient (Wildman–Crippen LogP) is 3.66. The molecule has 1 amide bonds. The van der Waals surface area contributed by atoms with Crippen LogP contribution in [0, 0.1) is 0 Å². The Morgan fingerprint density at radius 2 is 1.77 bits per heavy atom. The van der Waals surface area contributed by atoms with Crippen LogP contribution in [0.4, 0.5) is 5.69 Å². The van der Waals surface area contributed by atoms with Crippen molar-refractivity contribution in [3.8, 4) is 17.1 Å². The minimum atomic E-state index is -0.137. The average molecular weight is 344 g/mol. The zero-order valence-electron chi connectivity index (χ0n) is 14.1. The largest absolute Gasteiger partial charge is 0.480 e. The number of ether oxygens (including phenoxy) is 1. The lowest BCUT2D eigenvalue weighted by molar-refractivity contribution is 0.102. The molecule has 0 fully saturated rings. The lowest BCUT2D eigenvalue weighted by atomic mass is 10.1. The second-order valence-corrected chi connectivity index (χ2v) is 5.70. The molecule has 0 spiro atoms. The number of nitrogens with zero attached hydrogens (tertiary/aromatic N) is 3. The lowest BCUT2D eigenvalue weighted by Crippen LogP contribution is -2.11. The molecule has 2 aromatic carbocycles. The number of rotatable bonds is 4. The van der Waals surface area contributed by atoms with Crippen molar-refractivity contribution < 1.29 is 9.53 Å². The number of nitrogens with one attached hydrogen (secondary N) is 1. The van der Waals surface area contributed by atoms with E-state index in [1.165, 1.54) is 0 Å². The molecule has 2 heterocycles. The van der Waals surface area contributed by atoms with Gasteiger partial charge in [0.15, 0.2) is 5.65 Å². The number of carbonyl (C=O) groups is 1. The predicted molar refractivity (Wildman–Crippen MR) is 99.4 cm³/mol. The maximum atomic E-state index is 12.2. The van der Waals surface area contributed by atoms with Gasteiger partial charge in [0.1, 0.15) is 0 Å². The number of aromatic nitrogens is 3. The number of methoxy groups -OCH3 is 1. The number of hydrogen-bond acceptors (Lipinski definition) is 4. The molecule has 4 aromatic rings. The standard InChI is InChI=1S/C20H16N4O2/c1-26-19-12-11-18-22-17(13-24(18)23-19)14-7-9-16(10-8-14)21-20(25)15-5-3-2-4-6-15/h2-13H,1H3,(H,21,25). The van der Waals surface area contributed by atoms with E-state index >= 15 is 0 Å². The first kappa shape index (κ1) is 15.8. The molecule has 0 bridgehead atoms. The Hall–Kier alpha value is -3.67. The smallest absolute Gasteiger partial charge is 0.255 e. The molecule has 0 aliphatic rings. The Balaban J connectivity index is 1.55. The highest BCUT2D eigenvalue weighted by Gasteiger charge is 2.08. The average Bonchev–Trinajstić information content (AvgIpc) is 3.12. The highest BCUT2D eigenvalue weighted by molar-refractivity contribution is 6.04. The number of benzene rings is 2. The van der Waals surface area contributed by atoms with Crippen LogP contribution in [0.3, 0.4) is 0 Å². The molecule has 0 radical (unpaired) electrons. The molecule has 0 aliphatic heterocycles. The monoisotopic (exact) mass is 344 g/mol. The van der Waals surface area contributed by atoms with E-state index in [2.05, 4.69) is 15.4 Å². The molecular formula is C20H16N4O2. The number of imidazole rings is 1. The first-order valence-corrected chi connectivity index (χ1v) is 8.10. The van der Waals surface area contributed by atoms with Crippen molar-refractivity contribution in [2.45, 2.75) is 0 Å². The van der Waals surface area contributed by atoms with Gasteiger partial charge in [0.2, 0.25) is 5.88 Å². The summed E-state index contributed by atoms with van der Waals surface area (Å²) in [6.45, 7) is 0. The first-order valence-electron chi connectivity index (χ1n) is 8.10. The molecule has 6 heteroatoms. The van der Waals surface area contributed by atoms with E-state index in [9.17, 15) is 4.79 Å². The SMILES string of the molecule is COc1ccc2nc(-c3ccc(NC(=O)c4ccccc4)cc3)cn2n1. The fourth-order valence-corrected chi connectivity index (χ4v) is 2.63. The van der Waals surface area contributed by atoms with Gasteiger partial charge in [0, 0.05) is 22.9 Å². The Morgan fingerprint density at radius 1 is 1.00 bits per heavy atom. The van der Waals surface area contributed by atoms with Gasteiger partial charge in [-0.05, 0) is 30.3 Å². The number of carbonyl (C=O) groups excluding carboxylic acids is 1. The maximum absolute atomic E-state index is 12.2. The highest BCUT2D eigenvalue weighted by atomic mass is 16.5. The van der Waals surface area contributed by atoms with Crippen molar-refractivity contribution in [1.29, 1.82) is 0 Å². The molecule has 0 unspecified atom stereocenters. The molecule has 0 aliphatic carbocycles. The van der Waals surface area contributed by atoms with E-state index in [-0.39, 0.29) is 5.91 Å². The Morgan fingerprint density at radius 3 is 2.50 bits per heavy atom. The van der Waals surface area contributed by atoms with E-state index < -0.39 is 0 Å². The zero-order valence-corrected chi connectivity index (χ0v) is 14.1. The van der Waals surface area contributed by atoms with Crippen molar-refractivity contribution in [2.24, 2.45) is 0 Å². The van der Waals surface area contributed by atoms with Crippen LogP contribution in [-0.2, 0) is 0 Å². The van der Waals surface area contributed by atoms with E-state index in [4.69, 9.17) is 4.74 Å². The van der Waals surface area contributed by atoms with Gasteiger partial charge in [0.05, 0.1) is 19.0 Å². The topological polar surface area (TPSA) is 68.5 Å². The van der Waals surface area contributed by atoms with Crippen LogP contribution in [0.25, 0.3) is 16.9 Å². The second-order valence-electron chi connectivity index (χ2n) is 5.70. The summed E-state index contributed by atoms with van der Waals surface area (Å²) >= 11 is 0. The first-order chi connectivity index (χ1) is 12.7. The van der Waals surface area contributed by atoms with Crippen LogP contribution in [0.5, 0.6) is 5.88 Å². The minimum Gasteiger partial charge on any atom is -0.480 e. The second kappa shape index (κ2) is 6.68. The van der Waals surface area contributed by atoms with Crippen molar-refractivity contribution in [3.05, 3.63) is 78.5 Å². The van der Waals surface area contributed by atoms with Crippen LogP contribution < -0.4 is 10.1 Å². The molecule has 6 nitrogen and oxygen atoms in total. The van der Waals surface area contributed by atoms with Gasteiger partial charge >= 0.3 is 0 Å². The molecular weight excluding hydrogens is 328 g/mol. The van der Waals surface area contributed by atoms with Gasteiger partial charge in [-0.15, -0.1) is 5.10 Å². The van der Waals surface area contributed by atoms with Gasteiger partial charge in [-0.2, -0.15) is 0 Å². The summed E-state index contributed by atoms with van der Waals surface area (Å²) in [5, 5.41) is 7.19. The van der Waals surface area contributed by atoms with Crippen molar-refractivity contribution in [3.63, 3.8) is 0 Å². The molecule has 2 aromatic heterocycles. The minimum absolute atomic E-state index is 0.137. The van der Waals surface area contributed by atoms with E-state index in [1.807, 2.05) is 54.7 Å². The summed E-state index contributed by atoms with van der Waals surface area (Å²) in [5.74, 6) is 0.391. The molecule has 128 valence electrons. The third-order valence-electron chi connectivity index (χ3n) is 3.98. The maximum Gasteiger partial charge on any atom is 0.255 e. The Labute approximate surface area is 150 Å². The van der Waals surface area contributed by atoms with Crippen molar-refractivity contribution >= 4 is 17.2 Å². The van der Waals surface area contributed by atoms with E-state index in [0.29, 0.717) is 11.4 Å². The molecule has 4 rings (SSSR count). The summed E-state index contributed by atoms with van der Waals surface area (Å²) in [4.78, 5) is 16.8. The van der Waals surface area contributed by atoms with Crippen molar-refractivity contribution in [1.82, 2.24) is 14.6 Å². The fraction of sp³-hybridized carbons (Fsp3) is 0.0500. The van der Waals surface area contributed by atoms with Crippen molar-refractivity contribution in [2.75, 3.05) is 12.4 Å². The zero-order chi connectivity index (χ0) is 17.9. The summed E-state index contributed by atoms with van der Waals surface area (Å²) < 4.78 is 6.81. The van der Waals surface area contributed by atoms with Crippen LogP contribution in [0.1, 0.15) is 10.4 Å². The van der Waals surface area contributed by atoms with E-state index in [1.54, 1.807) is 29.8 Å². The van der Waals surface area contributed by atoms with Crippen LogP contribution >= 0.6 is 0 Å². The molecule has 0 saturated carbocycles. The normalized spacial score (nSPS) is 10.7. The quantitative estimate of drug-likeness (QED) is 0.613. The molecule has 0 saturated heterocycles. The Bertz CT molecular complexity index is 1060. The van der Waals surface area contributed by atoms with Gasteiger partial charge in [-0.1, -0.05) is 30.3 Å². The molecule has 26 heavy (non-hydrogen) atoms.